The zero-order valence-corrected chi connectivity index (χ0v) is 29.1. The van der Waals surface area contributed by atoms with Gasteiger partial charge in [-0.3, -0.25) is 43.7 Å². The third-order valence-electron chi connectivity index (χ3n) is 9.56. The van der Waals surface area contributed by atoms with E-state index in [4.69, 9.17) is 0 Å². The van der Waals surface area contributed by atoms with Crippen LogP contribution in [0.3, 0.4) is 0 Å². The van der Waals surface area contributed by atoms with Gasteiger partial charge in [0, 0.05) is 37.9 Å². The number of carbonyl (C=O) groups is 6. The Kier molecular flexibility index (Phi) is 9.87. The average Bonchev–Trinajstić information content (AvgIpc) is 3.67. The van der Waals surface area contributed by atoms with E-state index in [1.807, 2.05) is 11.8 Å². The van der Waals surface area contributed by atoms with Gasteiger partial charge in [-0.05, 0) is 63.1 Å². The first-order chi connectivity index (χ1) is 25.1. The van der Waals surface area contributed by atoms with Crippen molar-refractivity contribution in [2.75, 3.05) is 34.8 Å². The Morgan fingerprint density at radius 1 is 1.08 bits per heavy atom. The summed E-state index contributed by atoms with van der Waals surface area (Å²) in [5.74, 6) is 3.36. The number of benzene rings is 2. The molecule has 2 N–H and O–H groups in total. The molecule has 53 heavy (non-hydrogen) atoms. The van der Waals surface area contributed by atoms with E-state index in [0.717, 1.165) is 28.0 Å². The summed E-state index contributed by atoms with van der Waals surface area (Å²) in [6, 6.07) is 6.70. The zero-order valence-electron chi connectivity index (χ0n) is 29.1. The smallest absolute Gasteiger partial charge is 0.369 e. The molecule has 1 unspecified atom stereocenters. The van der Waals surface area contributed by atoms with Crippen LogP contribution >= 0.6 is 0 Å². The highest BCUT2D eigenvalue weighted by molar-refractivity contribution is 6.23. The van der Waals surface area contributed by atoms with Crippen LogP contribution in [0.5, 0.6) is 0 Å². The Morgan fingerprint density at radius 2 is 1.81 bits per heavy atom. The maximum absolute atomic E-state index is 13.5. The van der Waals surface area contributed by atoms with Gasteiger partial charge in [0.25, 0.3) is 17.7 Å². The van der Waals surface area contributed by atoms with Crippen molar-refractivity contribution in [2.45, 2.75) is 64.2 Å². The molecule has 16 heteroatoms. The van der Waals surface area contributed by atoms with Gasteiger partial charge in [-0.2, -0.15) is 18.3 Å². The Morgan fingerprint density at radius 3 is 2.49 bits per heavy atom. The third-order valence-corrected chi connectivity index (χ3v) is 9.56. The minimum Gasteiger partial charge on any atom is -0.369 e. The second kappa shape index (κ2) is 14.2. The number of anilines is 3. The summed E-state index contributed by atoms with van der Waals surface area (Å²) in [6.45, 7) is 6.32. The van der Waals surface area contributed by atoms with Gasteiger partial charge in [0.05, 0.1) is 45.7 Å². The fourth-order valence-corrected chi connectivity index (χ4v) is 6.30. The molecule has 0 saturated carbocycles. The van der Waals surface area contributed by atoms with E-state index in [0.29, 0.717) is 43.6 Å². The number of hydrogen-bond acceptors (Lipinski definition) is 8. The number of alkyl halides is 3. The first kappa shape index (κ1) is 36.8. The number of aromatic nitrogens is 2. The first-order valence-electron chi connectivity index (χ1n) is 17.0. The molecular formula is C37H36F3N7O6. The lowest BCUT2D eigenvalue weighted by molar-refractivity contribution is -0.138. The highest BCUT2D eigenvalue weighted by atomic mass is 19.4. The normalized spacial score (nSPS) is 17.5. The molecule has 3 aliphatic rings. The van der Waals surface area contributed by atoms with Gasteiger partial charge in [0.2, 0.25) is 18.2 Å². The molecule has 2 aromatic carbocycles. The van der Waals surface area contributed by atoms with Crippen molar-refractivity contribution in [1.82, 2.24) is 20.0 Å². The summed E-state index contributed by atoms with van der Waals surface area (Å²) in [5.41, 5.74) is -0.636. The van der Waals surface area contributed by atoms with E-state index < -0.39 is 52.9 Å². The molecular weight excluding hydrogens is 695 g/mol. The molecule has 276 valence electrons. The summed E-state index contributed by atoms with van der Waals surface area (Å²) < 4.78 is 42.0. The summed E-state index contributed by atoms with van der Waals surface area (Å²) in [4.78, 5) is 79.5. The maximum Gasteiger partial charge on any atom is 0.416 e. The van der Waals surface area contributed by atoms with E-state index in [1.165, 1.54) is 10.9 Å². The molecule has 0 bridgehead atoms. The molecule has 4 heterocycles. The van der Waals surface area contributed by atoms with Crippen molar-refractivity contribution >= 4 is 53.0 Å². The van der Waals surface area contributed by atoms with E-state index >= 15 is 0 Å². The number of piperidine rings is 1. The van der Waals surface area contributed by atoms with Crippen molar-refractivity contribution in [3.63, 3.8) is 0 Å². The molecule has 0 aliphatic carbocycles. The number of amides is 6. The third kappa shape index (κ3) is 7.24. The van der Waals surface area contributed by atoms with Crippen molar-refractivity contribution < 1.29 is 41.9 Å². The van der Waals surface area contributed by atoms with Crippen LogP contribution in [0.1, 0.15) is 78.3 Å². The number of carbonyl (C=O) groups excluding carboxylic acids is 6. The van der Waals surface area contributed by atoms with Crippen LogP contribution in [0.25, 0.3) is 0 Å². The standard InChI is InChI=1S/C37H36F3N7O6/c1-4-5-14-44(21-48)30-15-24(37(38,39)40)8-11-28(30)42-35(53)36(2,3)46-20-22(17-41-46)6-7-23-18-45(19-23)25-9-10-26-27(16-25)34(52)47(33(26)51)29-12-13-31(49)43-32(29)50/h8-11,15-17,20-21,23,29H,4-5,12-14,18-19H2,1-3H3,(H,42,53)(H,43,49,50). The molecule has 2 saturated heterocycles. The van der Waals surface area contributed by atoms with Gasteiger partial charge in [0.15, 0.2) is 0 Å². The molecule has 6 amide bonds. The van der Waals surface area contributed by atoms with Gasteiger partial charge in [0.1, 0.15) is 11.6 Å². The number of nitrogens with zero attached hydrogens (tertiary/aromatic N) is 5. The summed E-state index contributed by atoms with van der Waals surface area (Å²) in [7, 11) is 0. The van der Waals surface area contributed by atoms with Gasteiger partial charge < -0.3 is 15.1 Å². The van der Waals surface area contributed by atoms with Crippen molar-refractivity contribution in [3.05, 3.63) is 71.0 Å². The molecule has 3 aliphatic heterocycles. The average molecular weight is 732 g/mol. The first-order valence-corrected chi connectivity index (χ1v) is 17.0. The van der Waals surface area contributed by atoms with Gasteiger partial charge in [-0.15, -0.1) is 0 Å². The van der Waals surface area contributed by atoms with Gasteiger partial charge in [-0.25, -0.2) is 0 Å². The van der Waals surface area contributed by atoms with Crippen molar-refractivity contribution in [2.24, 2.45) is 5.92 Å². The number of fused-ring (bicyclic) bond motifs is 1. The predicted octanol–water partition coefficient (Wildman–Crippen LogP) is 3.93. The van der Waals surface area contributed by atoms with Crippen LogP contribution in [-0.4, -0.2) is 76.3 Å². The lowest BCUT2D eigenvalue weighted by atomic mass is 9.98. The van der Waals surface area contributed by atoms with Crippen LogP contribution < -0.4 is 20.4 Å². The van der Waals surface area contributed by atoms with Crippen LogP contribution in [0.4, 0.5) is 30.2 Å². The number of rotatable bonds is 10. The Hall–Kier alpha value is -5.98. The number of hydrogen-bond donors (Lipinski definition) is 2. The molecule has 6 rings (SSSR count). The monoisotopic (exact) mass is 731 g/mol. The maximum atomic E-state index is 13.5. The lowest BCUT2D eigenvalue weighted by Gasteiger charge is -2.38. The summed E-state index contributed by atoms with van der Waals surface area (Å²) in [6.07, 6.45) is 0.249. The van der Waals surface area contributed by atoms with Crippen LogP contribution in [0.15, 0.2) is 48.8 Å². The van der Waals surface area contributed by atoms with Crippen molar-refractivity contribution in [1.29, 1.82) is 0 Å². The minimum absolute atomic E-state index is 0.0351. The summed E-state index contributed by atoms with van der Waals surface area (Å²) in [5, 5.41) is 9.17. The lowest BCUT2D eigenvalue weighted by Crippen LogP contribution is -2.54. The quantitative estimate of drug-likeness (QED) is 0.181. The topological polar surface area (TPSA) is 154 Å². The van der Waals surface area contributed by atoms with Crippen LogP contribution in [0.2, 0.25) is 0 Å². The molecule has 1 atom stereocenters. The van der Waals surface area contributed by atoms with Crippen LogP contribution in [0, 0.1) is 17.8 Å². The SMILES string of the molecule is CCCCN(C=O)c1cc(C(F)(F)F)ccc1NC(=O)C(C)(C)n1cc(C#CC2CN(c3ccc4c(c3)C(=O)N(C3CCC(=O)NC3=O)C4=O)C2)cn1. The van der Waals surface area contributed by atoms with Gasteiger partial charge in [-0.1, -0.05) is 25.2 Å². The van der Waals surface area contributed by atoms with E-state index in [9.17, 15) is 41.9 Å². The molecule has 0 spiro atoms. The Labute approximate surface area is 302 Å². The fraction of sp³-hybridized carbons (Fsp3) is 0.378. The molecule has 0 radical (unpaired) electrons. The number of unbranched alkanes of at least 4 members (excludes halogenated alkanes) is 1. The number of halogens is 3. The molecule has 1 aromatic heterocycles. The second-order valence-corrected chi connectivity index (χ2v) is 13.6. The molecule has 3 aromatic rings. The largest absolute Gasteiger partial charge is 0.416 e. The highest BCUT2D eigenvalue weighted by Crippen LogP contribution is 2.37. The fourth-order valence-electron chi connectivity index (χ4n) is 6.30. The minimum atomic E-state index is -4.65. The van der Waals surface area contributed by atoms with Crippen LogP contribution in [-0.2, 0) is 30.9 Å². The zero-order chi connectivity index (χ0) is 38.2. The van der Waals surface area contributed by atoms with Crippen molar-refractivity contribution in [3.8, 4) is 11.8 Å². The van der Waals surface area contributed by atoms with E-state index in [2.05, 4.69) is 27.6 Å². The van der Waals surface area contributed by atoms with Gasteiger partial charge >= 0.3 is 6.18 Å². The number of imide groups is 2. The molecule has 13 nitrogen and oxygen atoms in total. The Bertz CT molecular complexity index is 2080. The Balaban J connectivity index is 1.09. The number of nitrogens with one attached hydrogen (secondary N) is 2. The highest BCUT2D eigenvalue weighted by Gasteiger charge is 2.45. The predicted molar refractivity (Wildman–Crippen MR) is 186 cm³/mol. The summed E-state index contributed by atoms with van der Waals surface area (Å²) >= 11 is 0. The second-order valence-electron chi connectivity index (χ2n) is 13.6. The van der Waals surface area contributed by atoms with E-state index in [1.54, 1.807) is 38.2 Å². The molecule has 2 fully saturated rings. The van der Waals surface area contributed by atoms with E-state index in [-0.39, 0.29) is 47.8 Å².